The predicted octanol–water partition coefficient (Wildman–Crippen LogP) is 4.25. The van der Waals surface area contributed by atoms with Gasteiger partial charge < -0.3 is 14.6 Å². The van der Waals surface area contributed by atoms with E-state index in [0.29, 0.717) is 12.2 Å². The number of aryl methyl sites for hydroxylation is 1. The molecule has 148 valence electrons. The summed E-state index contributed by atoms with van der Waals surface area (Å²) in [7, 11) is 3.44. The average molecular weight is 388 g/mol. The van der Waals surface area contributed by atoms with Crippen molar-refractivity contribution in [3.63, 3.8) is 0 Å². The quantitative estimate of drug-likeness (QED) is 0.556. The van der Waals surface area contributed by atoms with Gasteiger partial charge in [0, 0.05) is 41.8 Å². The molecule has 0 aliphatic carbocycles. The maximum atomic E-state index is 13.0. The number of nitrogens with zero attached hydrogens (tertiary/aromatic N) is 3. The summed E-state index contributed by atoms with van der Waals surface area (Å²) in [5, 5.41) is 5.65. The van der Waals surface area contributed by atoms with Crippen LogP contribution < -0.4 is 4.74 Å². The number of rotatable bonds is 5. The highest BCUT2D eigenvalue weighted by molar-refractivity contribution is 5.98. The molecule has 1 N–H and O–H groups in total. The Kier molecular flexibility index (Phi) is 4.84. The highest BCUT2D eigenvalue weighted by Crippen LogP contribution is 2.23. The molecule has 0 radical (unpaired) electrons. The van der Waals surface area contributed by atoms with Crippen LogP contribution in [0, 0.1) is 13.8 Å². The van der Waals surface area contributed by atoms with E-state index >= 15 is 0 Å². The Hall–Kier alpha value is -3.54. The molecule has 6 heteroatoms. The van der Waals surface area contributed by atoms with Crippen LogP contribution in [0.2, 0.25) is 0 Å². The fourth-order valence-electron chi connectivity index (χ4n) is 3.59. The van der Waals surface area contributed by atoms with Crippen LogP contribution in [-0.2, 0) is 6.54 Å². The van der Waals surface area contributed by atoms with Crippen LogP contribution in [0.4, 0.5) is 0 Å². The average Bonchev–Trinajstić information content (AvgIpc) is 3.29. The van der Waals surface area contributed by atoms with Gasteiger partial charge in [-0.3, -0.25) is 4.79 Å². The molecule has 2 aromatic carbocycles. The summed E-state index contributed by atoms with van der Waals surface area (Å²) in [6, 6.07) is 17.6. The molecule has 0 saturated heterocycles. The van der Waals surface area contributed by atoms with E-state index in [0.717, 1.165) is 39.3 Å². The molecule has 0 aliphatic rings. The summed E-state index contributed by atoms with van der Waals surface area (Å²) in [4.78, 5) is 17.9. The molecule has 4 aromatic rings. The number of hydrogen-bond acceptors (Lipinski definition) is 3. The number of aromatic nitrogens is 3. The van der Waals surface area contributed by atoms with Crippen LogP contribution in [0.5, 0.6) is 5.75 Å². The predicted molar refractivity (Wildman–Crippen MR) is 114 cm³/mol. The second-order valence-electron chi connectivity index (χ2n) is 7.19. The molecule has 0 aliphatic heterocycles. The van der Waals surface area contributed by atoms with Crippen LogP contribution in [0.15, 0.2) is 54.6 Å². The SMILES string of the molecule is COc1ccc2cc(C(=O)N(C)Cc3c(C)nn(-c4ccccc4)c3C)[nH]c2c1. The van der Waals surface area contributed by atoms with E-state index in [2.05, 4.69) is 10.1 Å². The van der Waals surface area contributed by atoms with Gasteiger partial charge in [-0.2, -0.15) is 5.10 Å². The van der Waals surface area contributed by atoms with Gasteiger partial charge in [0.05, 0.1) is 18.5 Å². The Labute approximate surface area is 169 Å². The van der Waals surface area contributed by atoms with Crippen molar-refractivity contribution in [3.8, 4) is 11.4 Å². The molecular formula is C23H24N4O2. The van der Waals surface area contributed by atoms with Crippen LogP contribution >= 0.6 is 0 Å². The zero-order chi connectivity index (χ0) is 20.5. The monoisotopic (exact) mass is 388 g/mol. The van der Waals surface area contributed by atoms with Crippen LogP contribution in [0.1, 0.15) is 27.4 Å². The summed E-state index contributed by atoms with van der Waals surface area (Å²) in [5.41, 5.74) is 5.47. The molecule has 1 amide bonds. The Bertz CT molecular complexity index is 1170. The topological polar surface area (TPSA) is 63.1 Å². The number of H-pyrrole nitrogens is 1. The summed E-state index contributed by atoms with van der Waals surface area (Å²) in [6.07, 6.45) is 0. The molecule has 0 atom stereocenters. The van der Waals surface area contributed by atoms with Gasteiger partial charge >= 0.3 is 0 Å². The first-order chi connectivity index (χ1) is 14.0. The molecule has 6 nitrogen and oxygen atoms in total. The molecule has 0 saturated carbocycles. The number of hydrogen-bond donors (Lipinski definition) is 1. The highest BCUT2D eigenvalue weighted by atomic mass is 16.5. The fourth-order valence-corrected chi connectivity index (χ4v) is 3.59. The van der Waals surface area contributed by atoms with Crippen LogP contribution in [0.3, 0.4) is 0 Å². The third-order valence-corrected chi connectivity index (χ3v) is 5.24. The first-order valence-corrected chi connectivity index (χ1v) is 9.50. The number of ether oxygens (including phenoxy) is 1. The van der Waals surface area contributed by atoms with Crippen molar-refractivity contribution < 1.29 is 9.53 Å². The van der Waals surface area contributed by atoms with E-state index in [4.69, 9.17) is 4.74 Å². The van der Waals surface area contributed by atoms with Crippen molar-refractivity contribution in [3.05, 3.63) is 77.2 Å². The number of aromatic amines is 1. The van der Waals surface area contributed by atoms with E-state index in [9.17, 15) is 4.79 Å². The van der Waals surface area contributed by atoms with E-state index < -0.39 is 0 Å². The Morgan fingerprint density at radius 2 is 1.90 bits per heavy atom. The number of carbonyl (C=O) groups excluding carboxylic acids is 1. The van der Waals surface area contributed by atoms with Crippen molar-refractivity contribution in [1.29, 1.82) is 0 Å². The Morgan fingerprint density at radius 3 is 2.62 bits per heavy atom. The molecule has 29 heavy (non-hydrogen) atoms. The third-order valence-electron chi connectivity index (χ3n) is 5.24. The van der Waals surface area contributed by atoms with Gasteiger partial charge in [0.25, 0.3) is 5.91 Å². The maximum Gasteiger partial charge on any atom is 0.270 e. The van der Waals surface area contributed by atoms with E-state index in [1.54, 1.807) is 12.0 Å². The summed E-state index contributed by atoms with van der Waals surface area (Å²) < 4.78 is 7.19. The lowest BCUT2D eigenvalue weighted by Gasteiger charge is -2.17. The van der Waals surface area contributed by atoms with Crippen molar-refractivity contribution in [2.75, 3.05) is 14.2 Å². The van der Waals surface area contributed by atoms with Crippen LogP contribution in [0.25, 0.3) is 16.6 Å². The van der Waals surface area contributed by atoms with Crippen molar-refractivity contribution in [2.45, 2.75) is 20.4 Å². The number of methoxy groups -OCH3 is 1. The smallest absolute Gasteiger partial charge is 0.270 e. The number of amides is 1. The first-order valence-electron chi connectivity index (χ1n) is 9.50. The molecular weight excluding hydrogens is 364 g/mol. The number of nitrogens with one attached hydrogen (secondary N) is 1. The zero-order valence-electron chi connectivity index (χ0n) is 17.1. The summed E-state index contributed by atoms with van der Waals surface area (Å²) in [6.45, 7) is 4.51. The van der Waals surface area contributed by atoms with Gasteiger partial charge in [0.15, 0.2) is 0 Å². The Balaban J connectivity index is 1.59. The first kappa shape index (κ1) is 18.8. The maximum absolute atomic E-state index is 13.0. The van der Waals surface area contributed by atoms with Gasteiger partial charge in [-0.1, -0.05) is 18.2 Å². The number of benzene rings is 2. The van der Waals surface area contributed by atoms with Gasteiger partial charge in [-0.05, 0) is 44.2 Å². The van der Waals surface area contributed by atoms with Gasteiger partial charge in [0.1, 0.15) is 11.4 Å². The molecule has 0 fully saturated rings. The molecule has 2 heterocycles. The van der Waals surface area contributed by atoms with Crippen molar-refractivity contribution >= 4 is 16.8 Å². The van der Waals surface area contributed by atoms with Gasteiger partial charge in [-0.25, -0.2) is 4.68 Å². The zero-order valence-corrected chi connectivity index (χ0v) is 17.1. The number of fused-ring (bicyclic) bond motifs is 1. The van der Waals surface area contributed by atoms with Gasteiger partial charge in [0.2, 0.25) is 0 Å². The minimum absolute atomic E-state index is 0.0635. The fraction of sp³-hybridized carbons (Fsp3) is 0.217. The number of carbonyl (C=O) groups is 1. The third kappa shape index (κ3) is 3.49. The minimum Gasteiger partial charge on any atom is -0.497 e. The van der Waals surface area contributed by atoms with E-state index in [-0.39, 0.29) is 5.91 Å². The van der Waals surface area contributed by atoms with Crippen molar-refractivity contribution in [1.82, 2.24) is 19.7 Å². The van der Waals surface area contributed by atoms with Crippen molar-refractivity contribution in [2.24, 2.45) is 0 Å². The highest BCUT2D eigenvalue weighted by Gasteiger charge is 2.19. The molecule has 0 bridgehead atoms. The lowest BCUT2D eigenvalue weighted by molar-refractivity contribution is 0.0780. The Morgan fingerprint density at radius 1 is 1.14 bits per heavy atom. The molecule has 4 rings (SSSR count). The number of para-hydroxylation sites is 1. The lowest BCUT2D eigenvalue weighted by Crippen LogP contribution is -2.27. The van der Waals surface area contributed by atoms with Crippen LogP contribution in [-0.4, -0.2) is 39.7 Å². The molecule has 0 spiro atoms. The lowest BCUT2D eigenvalue weighted by atomic mass is 10.1. The second kappa shape index (κ2) is 7.47. The second-order valence-corrected chi connectivity index (χ2v) is 7.19. The summed E-state index contributed by atoms with van der Waals surface area (Å²) in [5.74, 6) is 0.692. The minimum atomic E-state index is -0.0635. The van der Waals surface area contributed by atoms with E-state index in [1.165, 1.54) is 0 Å². The standard InChI is InChI=1S/C23H24N4O2/c1-15-20(16(2)27(25-15)18-8-6-5-7-9-18)14-26(3)23(28)22-12-17-10-11-19(29-4)13-21(17)24-22/h5-13,24H,14H2,1-4H3. The van der Waals surface area contributed by atoms with Gasteiger partial charge in [-0.15, -0.1) is 0 Å². The summed E-state index contributed by atoms with van der Waals surface area (Å²) >= 11 is 0. The normalized spacial score (nSPS) is 11.0. The van der Waals surface area contributed by atoms with E-state index in [1.807, 2.05) is 80.2 Å². The molecule has 0 unspecified atom stereocenters. The molecule has 2 aromatic heterocycles. The largest absolute Gasteiger partial charge is 0.497 e.